The standard InChI is InChI=1S/C13H12BrN3S/c1-16(2)9-5-3-7-17-11(9)12(14)15-13(17)10-6-4-8-18-10/h3-8H,1-2H3. The Bertz CT molecular complexity index is 686. The SMILES string of the molecule is CN(C)c1cccn2c(-c3cccs3)nc(Br)c12. The lowest BCUT2D eigenvalue weighted by Gasteiger charge is -2.14. The number of nitrogens with zero attached hydrogens (tertiary/aromatic N) is 3. The highest BCUT2D eigenvalue weighted by molar-refractivity contribution is 9.10. The fraction of sp³-hybridized carbons (Fsp3) is 0.154. The van der Waals surface area contributed by atoms with Crippen molar-refractivity contribution in [2.24, 2.45) is 0 Å². The Morgan fingerprint density at radius 3 is 2.78 bits per heavy atom. The van der Waals surface area contributed by atoms with Crippen LogP contribution in [0.4, 0.5) is 5.69 Å². The Balaban J connectivity index is 2.35. The van der Waals surface area contributed by atoms with Gasteiger partial charge in [-0.05, 0) is 39.5 Å². The zero-order valence-electron chi connectivity index (χ0n) is 10.1. The zero-order chi connectivity index (χ0) is 12.7. The first-order valence-corrected chi connectivity index (χ1v) is 7.23. The quantitative estimate of drug-likeness (QED) is 0.713. The van der Waals surface area contributed by atoms with Crippen LogP contribution in [0.1, 0.15) is 0 Å². The van der Waals surface area contributed by atoms with E-state index in [9.17, 15) is 0 Å². The van der Waals surface area contributed by atoms with Crippen molar-refractivity contribution < 1.29 is 0 Å². The van der Waals surface area contributed by atoms with E-state index in [4.69, 9.17) is 0 Å². The number of pyridine rings is 1. The highest BCUT2D eigenvalue weighted by Gasteiger charge is 2.15. The van der Waals surface area contributed by atoms with Crippen molar-refractivity contribution >= 4 is 38.5 Å². The number of imidazole rings is 1. The fourth-order valence-corrected chi connectivity index (χ4v) is 3.29. The summed E-state index contributed by atoms with van der Waals surface area (Å²) in [7, 11) is 4.08. The van der Waals surface area contributed by atoms with Crippen molar-refractivity contribution in [3.63, 3.8) is 0 Å². The van der Waals surface area contributed by atoms with Crippen molar-refractivity contribution in [1.29, 1.82) is 0 Å². The Hall–Kier alpha value is -1.33. The van der Waals surface area contributed by atoms with Crippen molar-refractivity contribution in [1.82, 2.24) is 9.38 Å². The van der Waals surface area contributed by atoms with Crippen molar-refractivity contribution in [2.45, 2.75) is 0 Å². The molecule has 92 valence electrons. The molecule has 3 rings (SSSR count). The number of hydrogen-bond donors (Lipinski definition) is 0. The summed E-state index contributed by atoms with van der Waals surface area (Å²) in [6, 6.07) is 8.28. The second-order valence-electron chi connectivity index (χ2n) is 4.21. The molecule has 0 saturated carbocycles. The van der Waals surface area contributed by atoms with Crippen LogP contribution in [0.2, 0.25) is 0 Å². The molecule has 0 N–H and O–H groups in total. The zero-order valence-corrected chi connectivity index (χ0v) is 12.5. The minimum atomic E-state index is 0.884. The van der Waals surface area contributed by atoms with Gasteiger partial charge in [-0.15, -0.1) is 11.3 Å². The third-order valence-electron chi connectivity index (χ3n) is 2.82. The van der Waals surface area contributed by atoms with Gasteiger partial charge < -0.3 is 4.90 Å². The van der Waals surface area contributed by atoms with E-state index in [1.54, 1.807) is 11.3 Å². The molecule has 3 heterocycles. The van der Waals surface area contributed by atoms with Crippen LogP contribution >= 0.6 is 27.3 Å². The summed E-state index contributed by atoms with van der Waals surface area (Å²) in [6.07, 6.45) is 2.05. The molecule has 0 spiro atoms. The first-order chi connectivity index (χ1) is 8.68. The maximum absolute atomic E-state index is 4.64. The van der Waals surface area contributed by atoms with Gasteiger partial charge in [0.25, 0.3) is 0 Å². The molecule has 3 aromatic heterocycles. The topological polar surface area (TPSA) is 20.5 Å². The number of hydrogen-bond acceptors (Lipinski definition) is 3. The van der Waals surface area contributed by atoms with Crippen LogP contribution < -0.4 is 4.90 Å². The molecular weight excluding hydrogens is 310 g/mol. The number of aromatic nitrogens is 2. The lowest BCUT2D eigenvalue weighted by atomic mass is 10.3. The third kappa shape index (κ3) is 1.74. The summed E-state index contributed by atoms with van der Waals surface area (Å²) >= 11 is 5.27. The van der Waals surface area contributed by atoms with Crippen LogP contribution in [0.25, 0.3) is 16.2 Å². The minimum absolute atomic E-state index is 0.884. The van der Waals surface area contributed by atoms with E-state index in [0.29, 0.717) is 0 Å². The first-order valence-electron chi connectivity index (χ1n) is 5.56. The van der Waals surface area contributed by atoms with E-state index < -0.39 is 0 Å². The molecule has 3 aromatic rings. The van der Waals surface area contributed by atoms with Gasteiger partial charge in [0.2, 0.25) is 0 Å². The molecule has 0 radical (unpaired) electrons. The molecule has 0 aliphatic heterocycles. The van der Waals surface area contributed by atoms with E-state index in [1.165, 1.54) is 4.88 Å². The van der Waals surface area contributed by atoms with Gasteiger partial charge in [0.15, 0.2) is 5.82 Å². The molecule has 5 heteroatoms. The van der Waals surface area contributed by atoms with Gasteiger partial charge in [0, 0.05) is 20.3 Å². The summed E-state index contributed by atoms with van der Waals surface area (Å²) in [5, 5.41) is 2.07. The lowest BCUT2D eigenvalue weighted by Crippen LogP contribution is -2.09. The van der Waals surface area contributed by atoms with Crippen LogP contribution in [-0.4, -0.2) is 23.5 Å². The van der Waals surface area contributed by atoms with Crippen LogP contribution in [0.3, 0.4) is 0 Å². The molecule has 0 aliphatic carbocycles. The number of thiophene rings is 1. The molecule has 0 fully saturated rings. The smallest absolute Gasteiger partial charge is 0.156 e. The first kappa shape index (κ1) is 11.7. The largest absolute Gasteiger partial charge is 0.376 e. The molecule has 0 aliphatic rings. The van der Waals surface area contributed by atoms with E-state index in [-0.39, 0.29) is 0 Å². The number of halogens is 1. The Labute approximate surface area is 118 Å². The van der Waals surface area contributed by atoms with E-state index in [2.05, 4.69) is 53.9 Å². The summed E-state index contributed by atoms with van der Waals surface area (Å²) in [5.41, 5.74) is 2.26. The fourth-order valence-electron chi connectivity index (χ4n) is 2.02. The Morgan fingerprint density at radius 1 is 1.28 bits per heavy atom. The highest BCUT2D eigenvalue weighted by atomic mass is 79.9. The van der Waals surface area contributed by atoms with E-state index >= 15 is 0 Å². The van der Waals surface area contributed by atoms with Crippen molar-refractivity contribution in [3.05, 3.63) is 40.4 Å². The predicted octanol–water partition coefficient (Wildman–Crippen LogP) is 3.89. The molecule has 0 unspecified atom stereocenters. The molecular formula is C13H12BrN3S. The van der Waals surface area contributed by atoms with Gasteiger partial charge in [0.05, 0.1) is 10.6 Å². The number of fused-ring (bicyclic) bond motifs is 1. The number of rotatable bonds is 2. The third-order valence-corrected chi connectivity index (χ3v) is 4.24. The monoisotopic (exact) mass is 321 g/mol. The minimum Gasteiger partial charge on any atom is -0.376 e. The molecule has 0 atom stereocenters. The Morgan fingerprint density at radius 2 is 2.11 bits per heavy atom. The van der Waals surface area contributed by atoms with Crippen molar-refractivity contribution in [2.75, 3.05) is 19.0 Å². The van der Waals surface area contributed by atoms with Gasteiger partial charge in [-0.3, -0.25) is 4.40 Å². The van der Waals surface area contributed by atoms with E-state index in [0.717, 1.165) is 21.6 Å². The predicted molar refractivity (Wildman–Crippen MR) is 80.5 cm³/mol. The molecule has 18 heavy (non-hydrogen) atoms. The molecule has 0 amide bonds. The summed E-state index contributed by atoms with van der Waals surface area (Å²) in [4.78, 5) is 7.91. The van der Waals surface area contributed by atoms with Crippen LogP contribution in [0, 0.1) is 0 Å². The summed E-state index contributed by atoms with van der Waals surface area (Å²) < 4.78 is 3.01. The average Bonchev–Trinajstić information content (AvgIpc) is 2.97. The van der Waals surface area contributed by atoms with Gasteiger partial charge in [-0.25, -0.2) is 4.98 Å². The second kappa shape index (κ2) is 4.40. The maximum atomic E-state index is 4.64. The Kier molecular flexibility index (Phi) is 2.87. The van der Waals surface area contributed by atoms with Crippen LogP contribution in [-0.2, 0) is 0 Å². The lowest BCUT2D eigenvalue weighted by molar-refractivity contribution is 1.11. The van der Waals surface area contributed by atoms with Crippen LogP contribution in [0.15, 0.2) is 40.4 Å². The van der Waals surface area contributed by atoms with Crippen molar-refractivity contribution in [3.8, 4) is 10.7 Å². The van der Waals surface area contributed by atoms with Gasteiger partial charge in [-0.1, -0.05) is 6.07 Å². The maximum Gasteiger partial charge on any atom is 0.156 e. The van der Waals surface area contributed by atoms with E-state index in [1.807, 2.05) is 26.2 Å². The van der Waals surface area contributed by atoms with Gasteiger partial charge in [-0.2, -0.15) is 0 Å². The summed E-state index contributed by atoms with van der Waals surface area (Å²) in [5.74, 6) is 0.982. The molecule has 0 bridgehead atoms. The van der Waals surface area contributed by atoms with Gasteiger partial charge >= 0.3 is 0 Å². The second-order valence-corrected chi connectivity index (χ2v) is 5.91. The average molecular weight is 322 g/mol. The van der Waals surface area contributed by atoms with Crippen LogP contribution in [0.5, 0.6) is 0 Å². The summed E-state index contributed by atoms with van der Waals surface area (Å²) in [6.45, 7) is 0. The molecule has 0 saturated heterocycles. The normalized spacial score (nSPS) is 11.1. The molecule has 3 nitrogen and oxygen atoms in total. The highest BCUT2D eigenvalue weighted by Crippen LogP contribution is 2.33. The molecule has 0 aromatic carbocycles. The number of anilines is 1. The van der Waals surface area contributed by atoms with Gasteiger partial charge in [0.1, 0.15) is 10.1 Å².